The predicted molar refractivity (Wildman–Crippen MR) is 139 cm³/mol. The number of hydrogen-bond donors (Lipinski definition) is 1. The molecule has 2 aromatic rings. The van der Waals surface area contributed by atoms with E-state index in [0.29, 0.717) is 28.8 Å². The van der Waals surface area contributed by atoms with E-state index in [0.717, 1.165) is 37.0 Å². The molecule has 0 bridgehead atoms. The Morgan fingerprint density at radius 3 is 2.37 bits per heavy atom. The molecule has 2 amide bonds. The Bertz CT molecular complexity index is 978. The molecule has 1 atom stereocenters. The van der Waals surface area contributed by atoms with Gasteiger partial charge in [0.15, 0.2) is 0 Å². The van der Waals surface area contributed by atoms with Crippen molar-refractivity contribution in [3.8, 4) is 11.5 Å². The van der Waals surface area contributed by atoms with E-state index in [2.05, 4.69) is 5.32 Å². The third-order valence-corrected chi connectivity index (χ3v) is 7.06. The van der Waals surface area contributed by atoms with E-state index in [1.807, 2.05) is 30.3 Å². The quantitative estimate of drug-likeness (QED) is 0.367. The molecule has 190 valence electrons. The van der Waals surface area contributed by atoms with Crippen LogP contribution in [-0.4, -0.2) is 42.5 Å². The van der Waals surface area contributed by atoms with E-state index in [1.165, 1.54) is 6.42 Å². The van der Waals surface area contributed by atoms with Gasteiger partial charge in [-0.1, -0.05) is 48.5 Å². The van der Waals surface area contributed by atoms with Gasteiger partial charge in [-0.25, -0.2) is 0 Å². The number of hydrogen-bond acceptors (Lipinski definition) is 4. The summed E-state index contributed by atoms with van der Waals surface area (Å²) in [4.78, 5) is 27.9. The first-order chi connectivity index (χ1) is 16.9. The molecule has 2 aromatic carbocycles. The summed E-state index contributed by atoms with van der Waals surface area (Å²) in [6, 6.07) is 12.1. The van der Waals surface area contributed by atoms with Crippen LogP contribution in [0.15, 0.2) is 42.5 Å². The summed E-state index contributed by atoms with van der Waals surface area (Å²) >= 11 is 12.2. The lowest BCUT2D eigenvalue weighted by Gasteiger charge is -2.31. The first kappa shape index (κ1) is 27.2. The normalized spacial score (nSPS) is 14.7. The maximum absolute atomic E-state index is 13.2. The van der Waals surface area contributed by atoms with Crippen molar-refractivity contribution in [2.24, 2.45) is 0 Å². The average Bonchev–Trinajstić information content (AvgIpc) is 2.87. The fraction of sp³-hybridized carbons (Fsp3) is 0.481. The van der Waals surface area contributed by atoms with Crippen LogP contribution in [0, 0.1) is 0 Å². The molecule has 35 heavy (non-hydrogen) atoms. The molecule has 1 saturated carbocycles. The molecule has 1 fully saturated rings. The second-order valence-electron chi connectivity index (χ2n) is 8.92. The number of nitrogens with zero attached hydrogens (tertiary/aromatic N) is 1. The zero-order valence-corrected chi connectivity index (χ0v) is 21.9. The molecule has 0 radical (unpaired) electrons. The lowest BCUT2D eigenvalue weighted by atomic mass is 9.95. The Morgan fingerprint density at radius 1 is 1.03 bits per heavy atom. The van der Waals surface area contributed by atoms with Crippen molar-refractivity contribution >= 4 is 35.0 Å². The Hall–Kier alpha value is -2.44. The highest BCUT2D eigenvalue weighted by molar-refractivity contribution is 6.42. The van der Waals surface area contributed by atoms with Crippen molar-refractivity contribution in [2.45, 2.75) is 70.5 Å². The topological polar surface area (TPSA) is 67.9 Å². The average molecular weight is 521 g/mol. The number of ether oxygens (including phenoxy) is 2. The van der Waals surface area contributed by atoms with Gasteiger partial charge in [0.2, 0.25) is 11.8 Å². The molecule has 0 aromatic heterocycles. The van der Waals surface area contributed by atoms with E-state index in [-0.39, 0.29) is 30.8 Å². The van der Waals surface area contributed by atoms with Crippen LogP contribution in [0.2, 0.25) is 10.0 Å². The van der Waals surface area contributed by atoms with Gasteiger partial charge in [0, 0.05) is 19.0 Å². The molecule has 0 saturated heterocycles. The molecule has 8 heteroatoms. The van der Waals surface area contributed by atoms with Gasteiger partial charge in [-0.05, 0) is 68.1 Å². The van der Waals surface area contributed by atoms with Gasteiger partial charge in [0.05, 0.1) is 23.8 Å². The summed E-state index contributed by atoms with van der Waals surface area (Å²) in [6.07, 6.45) is 6.23. The van der Waals surface area contributed by atoms with Gasteiger partial charge in [0.25, 0.3) is 0 Å². The lowest BCUT2D eigenvalue weighted by Crippen LogP contribution is -2.50. The maximum Gasteiger partial charge on any atom is 0.242 e. The minimum Gasteiger partial charge on any atom is -0.497 e. The number of carbonyl (C=O) groups excluding carboxylic acids is 2. The molecule has 0 spiro atoms. The number of carbonyl (C=O) groups is 2. The van der Waals surface area contributed by atoms with E-state index in [9.17, 15) is 9.59 Å². The fourth-order valence-corrected chi connectivity index (χ4v) is 4.54. The molecule has 1 aliphatic carbocycles. The van der Waals surface area contributed by atoms with Gasteiger partial charge >= 0.3 is 0 Å². The number of halogens is 2. The minimum atomic E-state index is -0.610. The van der Waals surface area contributed by atoms with Crippen LogP contribution in [-0.2, 0) is 16.1 Å². The summed E-state index contributed by atoms with van der Waals surface area (Å²) < 4.78 is 10.9. The van der Waals surface area contributed by atoms with Crippen LogP contribution in [0.1, 0.15) is 57.4 Å². The van der Waals surface area contributed by atoms with Crippen LogP contribution < -0.4 is 14.8 Å². The van der Waals surface area contributed by atoms with Crippen molar-refractivity contribution in [3.63, 3.8) is 0 Å². The third-order valence-electron chi connectivity index (χ3n) is 6.32. The van der Waals surface area contributed by atoms with Crippen molar-refractivity contribution in [1.82, 2.24) is 10.2 Å². The van der Waals surface area contributed by atoms with Crippen molar-refractivity contribution in [1.29, 1.82) is 0 Å². The zero-order valence-electron chi connectivity index (χ0n) is 20.4. The Kier molecular flexibility index (Phi) is 10.5. The van der Waals surface area contributed by atoms with Crippen LogP contribution in [0.4, 0.5) is 0 Å². The summed E-state index contributed by atoms with van der Waals surface area (Å²) in [5.74, 6) is 1.23. The van der Waals surface area contributed by atoms with Gasteiger partial charge in [-0.2, -0.15) is 0 Å². The van der Waals surface area contributed by atoms with Crippen LogP contribution in [0.5, 0.6) is 11.5 Å². The Balaban J connectivity index is 1.61. The molecular formula is C27H34Cl2N2O4. The maximum atomic E-state index is 13.2. The second-order valence-corrected chi connectivity index (χ2v) is 9.73. The number of methoxy groups -OCH3 is 1. The van der Waals surface area contributed by atoms with Gasteiger partial charge in [-0.3, -0.25) is 9.59 Å². The first-order valence-electron chi connectivity index (χ1n) is 12.2. The number of nitrogens with one attached hydrogen (secondary N) is 1. The van der Waals surface area contributed by atoms with E-state index < -0.39 is 6.04 Å². The van der Waals surface area contributed by atoms with E-state index >= 15 is 0 Å². The SMILES string of the molecule is COc1ccc(OCCCC(=O)N(Cc2ccc(Cl)c(Cl)c2)[C@H](C)C(=O)NC2CCCCC2)cc1. The summed E-state index contributed by atoms with van der Waals surface area (Å²) in [5.41, 5.74) is 0.819. The minimum absolute atomic E-state index is 0.110. The van der Waals surface area contributed by atoms with Gasteiger partial charge < -0.3 is 19.7 Å². The smallest absolute Gasteiger partial charge is 0.242 e. The molecule has 0 heterocycles. The molecule has 1 aliphatic rings. The van der Waals surface area contributed by atoms with Crippen molar-refractivity contribution in [3.05, 3.63) is 58.1 Å². The molecule has 0 unspecified atom stereocenters. The summed E-state index contributed by atoms with van der Waals surface area (Å²) in [6.45, 7) is 2.44. The molecule has 1 N–H and O–H groups in total. The van der Waals surface area contributed by atoms with Crippen molar-refractivity contribution in [2.75, 3.05) is 13.7 Å². The monoisotopic (exact) mass is 520 g/mol. The van der Waals surface area contributed by atoms with Gasteiger partial charge in [0.1, 0.15) is 17.5 Å². The predicted octanol–water partition coefficient (Wildman–Crippen LogP) is 6.03. The number of benzene rings is 2. The number of amides is 2. The third kappa shape index (κ3) is 8.32. The fourth-order valence-electron chi connectivity index (χ4n) is 4.22. The first-order valence-corrected chi connectivity index (χ1v) is 12.9. The standard InChI is InChI=1S/C27H34Cl2N2O4/c1-19(27(33)30-21-7-4-3-5-8-21)31(18-20-10-15-24(28)25(29)17-20)26(32)9-6-16-35-23-13-11-22(34-2)12-14-23/h10-15,17,19,21H,3-9,16,18H2,1-2H3,(H,30,33)/t19-/m1/s1. The number of rotatable bonds is 11. The molecular weight excluding hydrogens is 487 g/mol. The highest BCUT2D eigenvalue weighted by Gasteiger charge is 2.28. The molecule has 0 aliphatic heterocycles. The Labute approximate surface area is 217 Å². The Morgan fingerprint density at radius 2 is 1.71 bits per heavy atom. The second kappa shape index (κ2) is 13.6. The highest BCUT2D eigenvalue weighted by Crippen LogP contribution is 2.24. The van der Waals surface area contributed by atoms with E-state index in [4.69, 9.17) is 32.7 Å². The largest absolute Gasteiger partial charge is 0.497 e. The zero-order chi connectivity index (χ0) is 25.2. The summed E-state index contributed by atoms with van der Waals surface area (Å²) in [5, 5.41) is 4.01. The summed E-state index contributed by atoms with van der Waals surface area (Å²) in [7, 11) is 1.61. The van der Waals surface area contributed by atoms with Crippen LogP contribution >= 0.6 is 23.2 Å². The molecule has 6 nitrogen and oxygen atoms in total. The highest BCUT2D eigenvalue weighted by atomic mass is 35.5. The van der Waals surface area contributed by atoms with E-state index in [1.54, 1.807) is 31.1 Å². The van der Waals surface area contributed by atoms with Crippen molar-refractivity contribution < 1.29 is 19.1 Å². The molecule has 3 rings (SSSR count). The van der Waals surface area contributed by atoms with Crippen LogP contribution in [0.3, 0.4) is 0 Å². The lowest BCUT2D eigenvalue weighted by molar-refractivity contribution is -0.141. The van der Waals surface area contributed by atoms with Gasteiger partial charge in [-0.15, -0.1) is 0 Å². The van der Waals surface area contributed by atoms with Crippen LogP contribution in [0.25, 0.3) is 0 Å².